The molecule has 0 saturated carbocycles. The SMILES string of the molecule is CCNC(=NCc1ccc(C(=O)N2CCNC(=O)C2)cc1)NCCOC.I. The standard InChI is InChI=1S/C18H27N5O3.HI/c1-3-19-18(21-9-11-26-2)22-12-14-4-6-15(7-5-14)17(25)23-10-8-20-16(24)13-23;/h4-7H,3,8-13H2,1-2H3,(H,20,24)(H2,19,21,22);1H. The van der Waals surface area contributed by atoms with Crippen molar-refractivity contribution in [3.63, 3.8) is 0 Å². The molecule has 27 heavy (non-hydrogen) atoms. The van der Waals surface area contributed by atoms with Crippen LogP contribution in [0.5, 0.6) is 0 Å². The van der Waals surface area contributed by atoms with Crippen molar-refractivity contribution in [3.05, 3.63) is 35.4 Å². The Morgan fingerprint density at radius 3 is 2.67 bits per heavy atom. The number of aliphatic imine (C=N–C) groups is 1. The molecule has 1 aliphatic rings. The van der Waals surface area contributed by atoms with E-state index < -0.39 is 0 Å². The van der Waals surface area contributed by atoms with Crippen LogP contribution in [0.2, 0.25) is 0 Å². The number of hydrogen-bond donors (Lipinski definition) is 3. The van der Waals surface area contributed by atoms with E-state index in [0.717, 1.165) is 18.1 Å². The van der Waals surface area contributed by atoms with Crippen LogP contribution < -0.4 is 16.0 Å². The van der Waals surface area contributed by atoms with Gasteiger partial charge in [0.2, 0.25) is 5.91 Å². The quantitative estimate of drug-likeness (QED) is 0.226. The summed E-state index contributed by atoms with van der Waals surface area (Å²) < 4.78 is 5.02. The molecule has 9 heteroatoms. The lowest BCUT2D eigenvalue weighted by Gasteiger charge is -2.26. The molecule has 150 valence electrons. The van der Waals surface area contributed by atoms with E-state index in [4.69, 9.17) is 4.74 Å². The van der Waals surface area contributed by atoms with Gasteiger partial charge in [0.25, 0.3) is 5.91 Å². The van der Waals surface area contributed by atoms with E-state index >= 15 is 0 Å². The maximum Gasteiger partial charge on any atom is 0.254 e. The highest BCUT2D eigenvalue weighted by atomic mass is 127. The van der Waals surface area contributed by atoms with Crippen molar-refractivity contribution in [2.75, 3.05) is 46.4 Å². The zero-order valence-electron chi connectivity index (χ0n) is 15.8. The average Bonchev–Trinajstić information content (AvgIpc) is 2.66. The monoisotopic (exact) mass is 489 g/mol. The zero-order chi connectivity index (χ0) is 18.8. The van der Waals surface area contributed by atoms with E-state index in [0.29, 0.717) is 38.3 Å². The molecule has 0 atom stereocenters. The molecule has 1 fully saturated rings. The van der Waals surface area contributed by atoms with Crippen LogP contribution in [0, 0.1) is 0 Å². The molecule has 2 amide bonds. The molecule has 3 N–H and O–H groups in total. The van der Waals surface area contributed by atoms with Gasteiger partial charge in [-0.25, -0.2) is 4.99 Å². The molecular weight excluding hydrogens is 461 g/mol. The topological polar surface area (TPSA) is 95.1 Å². The largest absolute Gasteiger partial charge is 0.383 e. The summed E-state index contributed by atoms with van der Waals surface area (Å²) in [5.41, 5.74) is 1.58. The molecule has 0 spiro atoms. The van der Waals surface area contributed by atoms with Crippen molar-refractivity contribution in [3.8, 4) is 0 Å². The Morgan fingerprint density at radius 1 is 1.30 bits per heavy atom. The number of hydrogen-bond acceptors (Lipinski definition) is 4. The van der Waals surface area contributed by atoms with E-state index in [1.165, 1.54) is 0 Å². The van der Waals surface area contributed by atoms with Crippen LogP contribution in [0.15, 0.2) is 29.3 Å². The van der Waals surface area contributed by atoms with Crippen LogP contribution in [0.25, 0.3) is 0 Å². The Balaban J connectivity index is 0.00000364. The number of nitrogens with one attached hydrogen (secondary N) is 3. The minimum atomic E-state index is -0.121. The number of rotatable bonds is 7. The van der Waals surface area contributed by atoms with E-state index in [-0.39, 0.29) is 42.3 Å². The van der Waals surface area contributed by atoms with E-state index in [9.17, 15) is 9.59 Å². The highest BCUT2D eigenvalue weighted by molar-refractivity contribution is 14.0. The maximum atomic E-state index is 12.4. The molecule has 0 aliphatic carbocycles. The van der Waals surface area contributed by atoms with Gasteiger partial charge in [-0.2, -0.15) is 0 Å². The molecule has 0 radical (unpaired) electrons. The second kappa shape index (κ2) is 12.5. The number of amides is 2. The molecule has 1 heterocycles. The third kappa shape index (κ3) is 7.71. The summed E-state index contributed by atoms with van der Waals surface area (Å²) in [6, 6.07) is 7.34. The lowest BCUT2D eigenvalue weighted by Crippen LogP contribution is -2.49. The van der Waals surface area contributed by atoms with Gasteiger partial charge in [-0.05, 0) is 24.6 Å². The van der Waals surface area contributed by atoms with E-state index in [1.54, 1.807) is 24.1 Å². The molecule has 0 bridgehead atoms. The first-order chi connectivity index (χ1) is 12.6. The number of halogens is 1. The van der Waals surface area contributed by atoms with E-state index in [1.807, 2.05) is 19.1 Å². The van der Waals surface area contributed by atoms with Crippen LogP contribution in [-0.2, 0) is 16.1 Å². The molecule has 1 saturated heterocycles. The van der Waals surface area contributed by atoms with Gasteiger partial charge in [0.15, 0.2) is 5.96 Å². The molecule has 0 aromatic heterocycles. The van der Waals surface area contributed by atoms with Crippen molar-refractivity contribution >= 4 is 41.8 Å². The summed E-state index contributed by atoms with van der Waals surface area (Å²) in [7, 11) is 1.66. The Labute approximate surface area is 177 Å². The third-order valence-electron chi connectivity index (χ3n) is 3.89. The number of carbonyl (C=O) groups excluding carboxylic acids is 2. The summed E-state index contributed by atoms with van der Waals surface area (Å²) in [6.45, 7) is 5.73. The maximum absolute atomic E-state index is 12.4. The van der Waals surface area contributed by atoms with Crippen molar-refractivity contribution < 1.29 is 14.3 Å². The summed E-state index contributed by atoms with van der Waals surface area (Å²) >= 11 is 0. The molecule has 2 rings (SSSR count). The van der Waals surface area contributed by atoms with Crippen molar-refractivity contribution in [1.82, 2.24) is 20.9 Å². The second-order valence-corrected chi connectivity index (χ2v) is 5.89. The minimum Gasteiger partial charge on any atom is -0.383 e. The molecule has 1 aliphatic heterocycles. The number of carbonyl (C=O) groups is 2. The third-order valence-corrected chi connectivity index (χ3v) is 3.89. The van der Waals surface area contributed by atoms with Gasteiger partial charge in [-0.1, -0.05) is 12.1 Å². The fourth-order valence-corrected chi connectivity index (χ4v) is 2.53. The number of benzene rings is 1. The molecule has 8 nitrogen and oxygen atoms in total. The number of guanidine groups is 1. The van der Waals surface area contributed by atoms with Gasteiger partial charge in [-0.3, -0.25) is 9.59 Å². The number of nitrogens with zero attached hydrogens (tertiary/aromatic N) is 2. The lowest BCUT2D eigenvalue weighted by atomic mass is 10.1. The van der Waals surface area contributed by atoms with Gasteiger partial charge >= 0.3 is 0 Å². The van der Waals surface area contributed by atoms with Crippen LogP contribution in [-0.4, -0.2) is 69.1 Å². The van der Waals surface area contributed by atoms with Gasteiger partial charge in [0.05, 0.1) is 19.7 Å². The second-order valence-electron chi connectivity index (χ2n) is 5.89. The Morgan fingerprint density at radius 2 is 2.04 bits per heavy atom. The molecule has 1 aromatic carbocycles. The van der Waals surface area contributed by atoms with Gasteiger partial charge in [-0.15, -0.1) is 24.0 Å². The summed E-state index contributed by atoms with van der Waals surface area (Å²) in [5, 5.41) is 9.07. The summed E-state index contributed by atoms with van der Waals surface area (Å²) in [6.07, 6.45) is 0. The molecule has 0 unspecified atom stereocenters. The fraction of sp³-hybridized carbons (Fsp3) is 0.500. The summed E-state index contributed by atoms with van der Waals surface area (Å²) in [4.78, 5) is 29.9. The van der Waals surface area contributed by atoms with Crippen LogP contribution in [0.1, 0.15) is 22.8 Å². The minimum absolute atomic E-state index is 0. The van der Waals surface area contributed by atoms with Gasteiger partial charge in [0, 0.05) is 38.9 Å². The normalized spacial score (nSPS) is 14.2. The van der Waals surface area contributed by atoms with Crippen molar-refractivity contribution in [1.29, 1.82) is 0 Å². The first-order valence-electron chi connectivity index (χ1n) is 8.80. The number of methoxy groups -OCH3 is 1. The predicted octanol–water partition coefficient (Wildman–Crippen LogP) is 0.578. The molecule has 1 aromatic rings. The van der Waals surface area contributed by atoms with Crippen LogP contribution in [0.3, 0.4) is 0 Å². The number of piperazine rings is 1. The Kier molecular flexibility index (Phi) is 10.7. The predicted molar refractivity (Wildman–Crippen MR) is 115 cm³/mol. The molecular formula is C18H28IN5O3. The zero-order valence-corrected chi connectivity index (χ0v) is 18.1. The first kappa shape index (κ1) is 23.2. The highest BCUT2D eigenvalue weighted by Gasteiger charge is 2.21. The van der Waals surface area contributed by atoms with Crippen molar-refractivity contribution in [2.45, 2.75) is 13.5 Å². The van der Waals surface area contributed by atoms with Crippen LogP contribution >= 0.6 is 24.0 Å². The Hall–Kier alpha value is -1.88. The van der Waals surface area contributed by atoms with E-state index in [2.05, 4.69) is 20.9 Å². The fourth-order valence-electron chi connectivity index (χ4n) is 2.53. The first-order valence-corrected chi connectivity index (χ1v) is 8.80. The smallest absolute Gasteiger partial charge is 0.254 e. The van der Waals surface area contributed by atoms with Gasteiger partial charge < -0.3 is 25.6 Å². The van der Waals surface area contributed by atoms with Crippen molar-refractivity contribution in [2.24, 2.45) is 4.99 Å². The van der Waals surface area contributed by atoms with Crippen LogP contribution in [0.4, 0.5) is 0 Å². The highest BCUT2D eigenvalue weighted by Crippen LogP contribution is 2.09. The Bertz CT molecular complexity index is 636. The lowest BCUT2D eigenvalue weighted by molar-refractivity contribution is -0.123. The average molecular weight is 489 g/mol. The number of ether oxygens (including phenoxy) is 1. The van der Waals surface area contributed by atoms with Gasteiger partial charge in [0.1, 0.15) is 0 Å². The summed E-state index contributed by atoms with van der Waals surface area (Å²) in [5.74, 6) is 0.487.